The van der Waals surface area contributed by atoms with Crippen molar-refractivity contribution in [2.45, 2.75) is 13.0 Å². The number of hydrogen-bond acceptors (Lipinski definition) is 5. The van der Waals surface area contributed by atoms with Gasteiger partial charge < -0.3 is 10.1 Å². The zero-order valence-electron chi connectivity index (χ0n) is 15.0. The van der Waals surface area contributed by atoms with E-state index in [4.69, 9.17) is 9.84 Å². The number of hydrogen-bond donors (Lipinski definition) is 1. The molecule has 134 valence electrons. The minimum atomic E-state index is -0.109. The average molecular weight is 358 g/mol. The number of nitrogens with zero attached hydrogens (tertiary/aromatic N) is 5. The van der Waals surface area contributed by atoms with Crippen LogP contribution < -0.4 is 10.1 Å². The Bertz CT molecular complexity index is 1100. The predicted octanol–water partition coefficient (Wildman–Crippen LogP) is 3.48. The van der Waals surface area contributed by atoms with Crippen LogP contribution in [0.1, 0.15) is 22.9 Å². The second kappa shape index (κ2) is 5.98. The monoisotopic (exact) mass is 358 g/mol. The summed E-state index contributed by atoms with van der Waals surface area (Å²) in [5, 5.41) is 12.6. The molecule has 0 fully saturated rings. The number of methoxy groups -OCH3 is 1. The van der Waals surface area contributed by atoms with E-state index in [1.807, 2.05) is 58.8 Å². The summed E-state index contributed by atoms with van der Waals surface area (Å²) in [5.41, 5.74) is 4.13. The van der Waals surface area contributed by atoms with Crippen molar-refractivity contribution in [2.24, 2.45) is 0 Å². The molecular weight excluding hydrogens is 340 g/mol. The van der Waals surface area contributed by atoms with Crippen LogP contribution in [0.3, 0.4) is 0 Å². The van der Waals surface area contributed by atoms with Crippen LogP contribution >= 0.6 is 0 Å². The lowest BCUT2D eigenvalue weighted by molar-refractivity contribution is 0.414. The average Bonchev–Trinajstić information content (AvgIpc) is 3.32. The summed E-state index contributed by atoms with van der Waals surface area (Å²) in [6, 6.07) is 18.0. The smallest absolute Gasteiger partial charge is 0.227 e. The molecule has 27 heavy (non-hydrogen) atoms. The van der Waals surface area contributed by atoms with Crippen molar-refractivity contribution in [2.75, 3.05) is 12.4 Å². The van der Waals surface area contributed by atoms with Gasteiger partial charge in [0.1, 0.15) is 23.9 Å². The first-order valence-electron chi connectivity index (χ1n) is 8.71. The van der Waals surface area contributed by atoms with Gasteiger partial charge in [0, 0.05) is 5.56 Å². The van der Waals surface area contributed by atoms with Crippen LogP contribution in [0.2, 0.25) is 0 Å². The number of benzene rings is 2. The highest BCUT2D eigenvalue weighted by Gasteiger charge is 2.33. The summed E-state index contributed by atoms with van der Waals surface area (Å²) >= 11 is 0. The Morgan fingerprint density at radius 3 is 2.56 bits per heavy atom. The van der Waals surface area contributed by atoms with Gasteiger partial charge in [0.15, 0.2) is 0 Å². The fourth-order valence-corrected chi connectivity index (χ4v) is 3.59. The van der Waals surface area contributed by atoms with Crippen molar-refractivity contribution >= 4 is 11.8 Å². The second-order valence-electron chi connectivity index (χ2n) is 6.42. The van der Waals surface area contributed by atoms with E-state index in [0.29, 0.717) is 5.95 Å². The van der Waals surface area contributed by atoms with Gasteiger partial charge in [0.05, 0.1) is 18.5 Å². The molecule has 2 aromatic carbocycles. The van der Waals surface area contributed by atoms with Crippen molar-refractivity contribution in [3.05, 3.63) is 77.7 Å². The summed E-state index contributed by atoms with van der Waals surface area (Å²) in [7, 11) is 1.67. The zero-order chi connectivity index (χ0) is 18.4. The molecule has 0 radical (unpaired) electrons. The molecule has 0 saturated heterocycles. The fourth-order valence-electron chi connectivity index (χ4n) is 3.59. The van der Waals surface area contributed by atoms with Gasteiger partial charge in [-0.05, 0) is 36.8 Å². The van der Waals surface area contributed by atoms with E-state index in [1.54, 1.807) is 13.4 Å². The summed E-state index contributed by atoms with van der Waals surface area (Å²) in [6.45, 7) is 2.03. The number of rotatable bonds is 3. The minimum Gasteiger partial charge on any atom is -0.497 e. The maximum absolute atomic E-state index is 5.30. The first-order chi connectivity index (χ1) is 13.3. The molecule has 2 aromatic heterocycles. The first-order valence-corrected chi connectivity index (χ1v) is 8.71. The maximum Gasteiger partial charge on any atom is 0.227 e. The molecule has 0 saturated carbocycles. The van der Waals surface area contributed by atoms with Crippen molar-refractivity contribution < 1.29 is 4.74 Å². The number of nitrogens with one attached hydrogen (secondary N) is 1. The lowest BCUT2D eigenvalue weighted by Gasteiger charge is -2.26. The van der Waals surface area contributed by atoms with Gasteiger partial charge in [0.2, 0.25) is 5.95 Å². The second-order valence-corrected chi connectivity index (χ2v) is 6.42. The van der Waals surface area contributed by atoms with Crippen LogP contribution in [0.25, 0.3) is 5.69 Å². The SMILES string of the molecule is COc1ccc(C2c3c(C)nn(-c4ccccc4)c3Nc3ncnn32)cc1. The van der Waals surface area contributed by atoms with E-state index in [-0.39, 0.29) is 6.04 Å². The fraction of sp³-hybridized carbons (Fsp3) is 0.150. The van der Waals surface area contributed by atoms with Crippen LogP contribution in [-0.2, 0) is 0 Å². The molecule has 0 amide bonds. The number of fused-ring (bicyclic) bond motifs is 2. The zero-order valence-corrected chi connectivity index (χ0v) is 15.0. The molecule has 1 aliphatic rings. The Labute approximate surface area is 156 Å². The van der Waals surface area contributed by atoms with Crippen LogP contribution in [0, 0.1) is 6.92 Å². The first kappa shape index (κ1) is 15.6. The summed E-state index contributed by atoms with van der Waals surface area (Å²) < 4.78 is 9.13. The number of anilines is 2. The van der Waals surface area contributed by atoms with Gasteiger partial charge in [-0.1, -0.05) is 30.3 Å². The van der Waals surface area contributed by atoms with Crippen molar-refractivity contribution in [3.8, 4) is 11.4 Å². The van der Waals surface area contributed by atoms with Crippen LogP contribution in [0.15, 0.2) is 60.9 Å². The molecule has 1 atom stereocenters. The lowest BCUT2D eigenvalue weighted by atomic mass is 9.97. The Morgan fingerprint density at radius 1 is 1.04 bits per heavy atom. The Balaban J connectivity index is 1.71. The highest BCUT2D eigenvalue weighted by molar-refractivity contribution is 5.65. The highest BCUT2D eigenvalue weighted by atomic mass is 16.5. The third-order valence-electron chi connectivity index (χ3n) is 4.86. The Kier molecular flexibility index (Phi) is 3.46. The quantitative estimate of drug-likeness (QED) is 0.535. The lowest BCUT2D eigenvalue weighted by Crippen LogP contribution is -2.23. The minimum absolute atomic E-state index is 0.109. The third-order valence-corrected chi connectivity index (χ3v) is 4.86. The summed E-state index contributed by atoms with van der Waals surface area (Å²) in [4.78, 5) is 4.38. The molecule has 1 unspecified atom stereocenters. The Hall–Kier alpha value is -3.61. The van der Waals surface area contributed by atoms with E-state index in [2.05, 4.69) is 27.5 Å². The number of aromatic nitrogens is 5. The van der Waals surface area contributed by atoms with Crippen molar-refractivity contribution in [3.63, 3.8) is 0 Å². The molecule has 7 heteroatoms. The number of ether oxygens (including phenoxy) is 1. The van der Waals surface area contributed by atoms with Crippen molar-refractivity contribution in [1.29, 1.82) is 0 Å². The number of para-hydroxylation sites is 1. The molecule has 0 spiro atoms. The summed E-state index contributed by atoms with van der Waals surface area (Å²) in [6.07, 6.45) is 1.57. The maximum atomic E-state index is 5.30. The molecule has 1 N–H and O–H groups in total. The molecule has 7 nitrogen and oxygen atoms in total. The van der Waals surface area contributed by atoms with Crippen LogP contribution in [-0.4, -0.2) is 31.7 Å². The van der Waals surface area contributed by atoms with Gasteiger partial charge in [-0.25, -0.2) is 9.36 Å². The number of aryl methyl sites for hydroxylation is 1. The normalized spacial score (nSPS) is 15.0. The molecule has 0 aliphatic carbocycles. The van der Waals surface area contributed by atoms with Crippen molar-refractivity contribution in [1.82, 2.24) is 24.5 Å². The standard InChI is InChI=1S/C20H18N6O/c1-13-17-18(14-8-10-16(27-2)11-9-14)26-20(21-12-22-26)23-19(17)25(24-13)15-6-4-3-5-7-15/h3-12,18H,1-2H3,(H,21,22,23). The molecule has 4 aromatic rings. The molecule has 1 aliphatic heterocycles. The highest BCUT2D eigenvalue weighted by Crippen LogP contribution is 2.41. The third kappa shape index (κ3) is 2.39. The predicted molar refractivity (Wildman–Crippen MR) is 102 cm³/mol. The van der Waals surface area contributed by atoms with Gasteiger partial charge in [-0.2, -0.15) is 15.2 Å². The largest absolute Gasteiger partial charge is 0.497 e. The van der Waals surface area contributed by atoms with Gasteiger partial charge in [-0.3, -0.25) is 0 Å². The van der Waals surface area contributed by atoms with E-state index < -0.39 is 0 Å². The molecule has 3 heterocycles. The van der Waals surface area contributed by atoms with Crippen LogP contribution in [0.5, 0.6) is 5.75 Å². The van der Waals surface area contributed by atoms with Gasteiger partial charge in [-0.15, -0.1) is 0 Å². The van der Waals surface area contributed by atoms with E-state index in [9.17, 15) is 0 Å². The van der Waals surface area contributed by atoms with Crippen LogP contribution in [0.4, 0.5) is 11.8 Å². The van der Waals surface area contributed by atoms with E-state index in [0.717, 1.165) is 34.1 Å². The van der Waals surface area contributed by atoms with E-state index in [1.165, 1.54) is 0 Å². The van der Waals surface area contributed by atoms with Gasteiger partial charge >= 0.3 is 0 Å². The molecule has 5 rings (SSSR count). The molecular formula is C20H18N6O. The summed E-state index contributed by atoms with van der Waals surface area (Å²) in [5.74, 6) is 2.43. The Morgan fingerprint density at radius 2 is 1.81 bits per heavy atom. The van der Waals surface area contributed by atoms with E-state index >= 15 is 0 Å². The topological polar surface area (TPSA) is 69.8 Å². The molecule has 0 bridgehead atoms. The van der Waals surface area contributed by atoms with Gasteiger partial charge in [0.25, 0.3) is 0 Å².